The Hall–Kier alpha value is -3.77. The number of nitrogen functional groups attached to an aromatic ring is 1. The number of anilines is 2. The van der Waals surface area contributed by atoms with Crippen molar-refractivity contribution in [1.29, 1.82) is 0 Å². The number of benzene rings is 1. The van der Waals surface area contributed by atoms with Gasteiger partial charge in [0.05, 0.1) is 12.4 Å². The van der Waals surface area contributed by atoms with Gasteiger partial charge in [-0.25, -0.2) is 9.55 Å². The zero-order chi connectivity index (χ0) is 30.9. The minimum absolute atomic E-state index is 0.0350. The van der Waals surface area contributed by atoms with E-state index in [0.29, 0.717) is 11.3 Å². The van der Waals surface area contributed by atoms with Crippen molar-refractivity contribution in [2.45, 2.75) is 75.8 Å². The first kappa shape index (κ1) is 30.7. The van der Waals surface area contributed by atoms with Crippen molar-refractivity contribution in [1.82, 2.24) is 24.6 Å². The van der Waals surface area contributed by atoms with Crippen molar-refractivity contribution in [3.8, 4) is 18.1 Å². The molecule has 0 radical (unpaired) electrons. The van der Waals surface area contributed by atoms with E-state index in [4.69, 9.17) is 30.7 Å². The van der Waals surface area contributed by atoms with Crippen LogP contribution in [0.4, 0.5) is 11.8 Å². The van der Waals surface area contributed by atoms with Crippen molar-refractivity contribution in [2.24, 2.45) is 0 Å². The summed E-state index contributed by atoms with van der Waals surface area (Å²) < 4.78 is 37.9. The molecule has 1 saturated heterocycles. The number of hydrogen-bond acceptors (Lipinski definition) is 13. The zero-order valence-electron chi connectivity index (χ0n) is 23.8. The Morgan fingerprint density at radius 2 is 2.00 bits per heavy atom. The number of aromatic nitrogens is 4. The number of ether oxygens (including phenoxy) is 2. The van der Waals surface area contributed by atoms with E-state index in [9.17, 15) is 19.6 Å². The van der Waals surface area contributed by atoms with Gasteiger partial charge < -0.3 is 35.3 Å². The number of aliphatic hydroxyl groups is 2. The van der Waals surface area contributed by atoms with Crippen molar-refractivity contribution in [3.05, 3.63) is 36.7 Å². The standard InChI is InChI=1S/C27H34N7O8P/c1-5-27(13-39-43(38,42-18-9-7-6-8-10-18)33-16(4)25(37)40-15(2)3)21(36)20(35)24(41-27)34-14-29-19-22(30-17-11-12-17)31-26(28)32-23(19)34/h1,6-10,14-17,20-21,24,35-36H,11-13H2,2-4H3,(H,33,38)(H3,28,30,31,32)/t16-,20-,21?,24+,27+,43-/m0/s1. The summed E-state index contributed by atoms with van der Waals surface area (Å²) in [4.78, 5) is 25.3. The van der Waals surface area contributed by atoms with Gasteiger partial charge in [0, 0.05) is 6.04 Å². The summed E-state index contributed by atoms with van der Waals surface area (Å²) in [6.07, 6.45) is 4.14. The summed E-state index contributed by atoms with van der Waals surface area (Å²) >= 11 is 0. The molecule has 43 heavy (non-hydrogen) atoms. The largest absolute Gasteiger partial charge is 0.462 e. The van der Waals surface area contributed by atoms with Gasteiger partial charge in [-0.1, -0.05) is 24.1 Å². The molecule has 15 nitrogen and oxygen atoms in total. The van der Waals surface area contributed by atoms with E-state index in [1.54, 1.807) is 32.0 Å². The fraction of sp³-hybridized carbons (Fsp3) is 0.481. The second kappa shape index (κ2) is 12.1. The van der Waals surface area contributed by atoms with Crippen LogP contribution in [-0.4, -0.2) is 78.3 Å². The van der Waals surface area contributed by atoms with E-state index in [0.717, 1.165) is 12.8 Å². The number of hydrogen-bond donors (Lipinski definition) is 5. The van der Waals surface area contributed by atoms with Crippen LogP contribution in [0.1, 0.15) is 39.8 Å². The van der Waals surface area contributed by atoms with Crippen LogP contribution in [0.3, 0.4) is 0 Å². The third-order valence-corrected chi connectivity index (χ3v) is 8.40. The zero-order valence-corrected chi connectivity index (χ0v) is 24.7. The van der Waals surface area contributed by atoms with E-state index in [1.807, 2.05) is 0 Å². The number of aliphatic hydroxyl groups excluding tert-OH is 2. The molecule has 2 aliphatic rings. The fourth-order valence-electron chi connectivity index (χ4n) is 4.44. The summed E-state index contributed by atoms with van der Waals surface area (Å²) in [5.74, 6) is 2.20. The third kappa shape index (κ3) is 6.59. The number of carbonyl (C=O) groups excluding carboxylic acids is 1. The molecule has 3 aromatic rings. The highest BCUT2D eigenvalue weighted by molar-refractivity contribution is 7.52. The van der Waals surface area contributed by atoms with Gasteiger partial charge in [-0.2, -0.15) is 15.1 Å². The van der Waals surface area contributed by atoms with Gasteiger partial charge in [0.25, 0.3) is 0 Å². The van der Waals surface area contributed by atoms with Crippen LogP contribution in [0.5, 0.6) is 5.75 Å². The minimum atomic E-state index is -4.37. The van der Waals surface area contributed by atoms with Crippen LogP contribution < -0.4 is 20.7 Å². The molecule has 0 bridgehead atoms. The van der Waals surface area contributed by atoms with Crippen molar-refractivity contribution < 1.29 is 38.1 Å². The fourth-order valence-corrected chi connectivity index (χ4v) is 5.97. The Balaban J connectivity index is 1.40. The van der Waals surface area contributed by atoms with Crippen molar-refractivity contribution in [3.63, 3.8) is 0 Å². The Kier molecular flexibility index (Phi) is 8.62. The highest BCUT2D eigenvalue weighted by Crippen LogP contribution is 2.48. The summed E-state index contributed by atoms with van der Waals surface area (Å²) in [5, 5.41) is 28.0. The maximum absolute atomic E-state index is 14.0. The lowest BCUT2D eigenvalue weighted by molar-refractivity contribution is -0.149. The lowest BCUT2D eigenvalue weighted by atomic mass is 9.97. The molecule has 230 valence electrons. The van der Waals surface area contributed by atoms with Gasteiger partial charge in [0.1, 0.15) is 30.6 Å². The first-order valence-corrected chi connectivity index (χ1v) is 15.2. The minimum Gasteiger partial charge on any atom is -0.462 e. The number of esters is 1. The highest BCUT2D eigenvalue weighted by atomic mass is 31.2. The molecule has 1 aliphatic heterocycles. The molecule has 5 rings (SSSR count). The molecular formula is C27H34N7O8P. The topological polar surface area (TPSA) is 205 Å². The normalized spacial score (nSPS) is 25.7. The molecule has 1 saturated carbocycles. The van der Waals surface area contributed by atoms with Crippen LogP contribution in [0.2, 0.25) is 0 Å². The number of para-hydroxylation sites is 1. The molecule has 0 spiro atoms. The smallest absolute Gasteiger partial charge is 0.459 e. The quantitative estimate of drug-likeness (QED) is 0.112. The highest BCUT2D eigenvalue weighted by Gasteiger charge is 2.56. The van der Waals surface area contributed by atoms with Crippen LogP contribution in [0.15, 0.2) is 36.7 Å². The average Bonchev–Trinajstić information content (AvgIpc) is 3.62. The molecule has 6 N–H and O–H groups in total. The summed E-state index contributed by atoms with van der Waals surface area (Å²) in [7, 11) is -4.37. The Morgan fingerprint density at radius 1 is 1.28 bits per heavy atom. The van der Waals surface area contributed by atoms with Gasteiger partial charge in [0.15, 0.2) is 28.8 Å². The average molecular weight is 616 g/mol. The molecule has 1 aromatic carbocycles. The van der Waals surface area contributed by atoms with Gasteiger partial charge in [-0.05, 0) is 45.7 Å². The number of imidazole rings is 1. The van der Waals surface area contributed by atoms with E-state index < -0.39 is 56.5 Å². The molecule has 0 amide bonds. The Labute approximate surface area is 247 Å². The number of rotatable bonds is 12. The maximum atomic E-state index is 14.0. The van der Waals surface area contributed by atoms with E-state index in [2.05, 4.69) is 31.3 Å². The van der Waals surface area contributed by atoms with E-state index >= 15 is 0 Å². The molecule has 6 atom stereocenters. The predicted molar refractivity (Wildman–Crippen MR) is 155 cm³/mol. The second-order valence-electron chi connectivity index (χ2n) is 10.7. The van der Waals surface area contributed by atoms with E-state index in [1.165, 1.54) is 30.0 Å². The van der Waals surface area contributed by atoms with Crippen LogP contribution in [-0.2, 0) is 23.4 Å². The molecule has 16 heteroatoms. The number of nitrogens with one attached hydrogen (secondary N) is 2. The van der Waals surface area contributed by atoms with E-state index in [-0.39, 0.29) is 23.4 Å². The number of fused-ring (bicyclic) bond motifs is 1. The predicted octanol–water partition coefficient (Wildman–Crippen LogP) is 1.74. The first-order chi connectivity index (χ1) is 20.4. The lowest BCUT2D eigenvalue weighted by Crippen LogP contribution is -2.46. The molecule has 2 aromatic heterocycles. The molecule has 1 aliphatic carbocycles. The lowest BCUT2D eigenvalue weighted by Gasteiger charge is -2.29. The monoisotopic (exact) mass is 615 g/mol. The van der Waals surface area contributed by atoms with Gasteiger partial charge >= 0.3 is 13.7 Å². The molecule has 3 heterocycles. The second-order valence-corrected chi connectivity index (χ2v) is 12.4. The maximum Gasteiger partial charge on any atom is 0.459 e. The number of nitrogens with two attached hydrogens (primary N) is 1. The van der Waals surface area contributed by atoms with Gasteiger partial charge in [-0.15, -0.1) is 6.42 Å². The Bertz CT molecular complexity index is 1560. The summed E-state index contributed by atoms with van der Waals surface area (Å²) in [5.41, 5.74) is 4.55. The Morgan fingerprint density at radius 3 is 2.65 bits per heavy atom. The molecular weight excluding hydrogens is 581 g/mol. The van der Waals surface area contributed by atoms with Crippen molar-refractivity contribution in [2.75, 3.05) is 17.7 Å². The van der Waals surface area contributed by atoms with Crippen LogP contribution in [0, 0.1) is 12.3 Å². The SMILES string of the molecule is C#C[C@]1(CO[P@@](=O)(N[C@@H](C)C(=O)OC(C)C)Oc2ccccc2)O[C@@H](n2cnc3c(NC4CC4)nc(N)nc32)[C@@H](O)C1O. The third-order valence-electron chi connectivity index (χ3n) is 6.77. The number of carbonyl (C=O) groups is 1. The summed E-state index contributed by atoms with van der Waals surface area (Å²) in [6, 6.07) is 7.25. The first-order valence-electron chi connectivity index (χ1n) is 13.7. The number of terminal acetylenes is 1. The van der Waals surface area contributed by atoms with Gasteiger partial charge in [-0.3, -0.25) is 13.9 Å². The summed E-state index contributed by atoms with van der Waals surface area (Å²) in [6.45, 7) is 4.07. The molecule has 1 unspecified atom stereocenters. The van der Waals surface area contributed by atoms with Crippen LogP contribution >= 0.6 is 7.75 Å². The van der Waals surface area contributed by atoms with Crippen molar-refractivity contribution >= 4 is 36.6 Å². The number of nitrogens with zero attached hydrogens (tertiary/aromatic N) is 4. The van der Waals surface area contributed by atoms with Gasteiger partial charge in [0.2, 0.25) is 5.95 Å². The molecule has 2 fully saturated rings. The van der Waals surface area contributed by atoms with Crippen LogP contribution in [0.25, 0.3) is 11.2 Å².